The van der Waals surface area contributed by atoms with Gasteiger partial charge >= 0.3 is 5.97 Å². The summed E-state index contributed by atoms with van der Waals surface area (Å²) in [4.78, 5) is 11.7. The fraction of sp³-hybridized carbons (Fsp3) is 0.267. The molecule has 2 N–H and O–H groups in total. The zero-order valence-electron chi connectivity index (χ0n) is 10.0. The highest BCUT2D eigenvalue weighted by Gasteiger charge is 2.43. The van der Waals surface area contributed by atoms with Crippen LogP contribution < -0.4 is 5.32 Å². The first kappa shape index (κ1) is 11.2. The van der Waals surface area contributed by atoms with Crippen molar-refractivity contribution in [1.82, 2.24) is 5.32 Å². The van der Waals surface area contributed by atoms with E-state index in [1.165, 1.54) is 0 Å². The van der Waals surface area contributed by atoms with Crippen molar-refractivity contribution in [3.63, 3.8) is 0 Å². The summed E-state index contributed by atoms with van der Waals surface area (Å²) in [6.07, 6.45) is 0.649. The molecule has 2 aromatic carbocycles. The van der Waals surface area contributed by atoms with E-state index in [-0.39, 0.29) is 0 Å². The van der Waals surface area contributed by atoms with Crippen LogP contribution in [0.25, 0.3) is 10.8 Å². The van der Waals surface area contributed by atoms with Gasteiger partial charge < -0.3 is 10.4 Å². The van der Waals surface area contributed by atoms with E-state index in [4.69, 9.17) is 0 Å². The molecule has 1 saturated heterocycles. The Labute approximate surface area is 105 Å². The van der Waals surface area contributed by atoms with Crippen molar-refractivity contribution in [3.8, 4) is 0 Å². The second-order valence-electron chi connectivity index (χ2n) is 4.84. The molecular weight excluding hydrogens is 226 g/mol. The van der Waals surface area contributed by atoms with E-state index in [0.29, 0.717) is 13.0 Å². The Bertz CT molecular complexity index is 595. The Hall–Kier alpha value is -1.87. The van der Waals surface area contributed by atoms with E-state index >= 15 is 0 Å². The van der Waals surface area contributed by atoms with E-state index in [0.717, 1.165) is 22.9 Å². The SMILES string of the molecule is O=C(O)C1(c2cccc3ccccc23)CCNC1. The molecule has 0 aliphatic carbocycles. The fourth-order valence-corrected chi connectivity index (χ4v) is 2.86. The van der Waals surface area contributed by atoms with Crippen LogP contribution in [0.4, 0.5) is 0 Å². The number of fused-ring (bicyclic) bond motifs is 1. The second kappa shape index (κ2) is 4.10. The molecule has 1 atom stereocenters. The Balaban J connectivity index is 2.27. The highest BCUT2D eigenvalue weighted by Crippen LogP contribution is 2.35. The molecule has 0 saturated carbocycles. The monoisotopic (exact) mass is 241 g/mol. The number of nitrogens with one attached hydrogen (secondary N) is 1. The summed E-state index contributed by atoms with van der Waals surface area (Å²) in [5.41, 5.74) is 0.152. The maximum atomic E-state index is 11.7. The molecule has 3 nitrogen and oxygen atoms in total. The van der Waals surface area contributed by atoms with Gasteiger partial charge in [0.15, 0.2) is 0 Å². The molecular formula is C15H15NO2. The van der Waals surface area contributed by atoms with E-state index in [1.54, 1.807) is 0 Å². The topological polar surface area (TPSA) is 49.3 Å². The van der Waals surface area contributed by atoms with Gasteiger partial charge in [0, 0.05) is 6.54 Å². The molecule has 18 heavy (non-hydrogen) atoms. The van der Waals surface area contributed by atoms with Gasteiger partial charge in [0.1, 0.15) is 5.41 Å². The van der Waals surface area contributed by atoms with Gasteiger partial charge in [-0.05, 0) is 29.3 Å². The van der Waals surface area contributed by atoms with Crippen molar-refractivity contribution in [3.05, 3.63) is 48.0 Å². The van der Waals surface area contributed by atoms with E-state index < -0.39 is 11.4 Å². The number of carboxylic acids is 1. The standard InChI is InChI=1S/C15H15NO2/c17-14(18)15(8-9-16-10-15)13-7-3-5-11-4-1-2-6-12(11)13/h1-7,16H,8-10H2,(H,17,18). The molecule has 1 unspecified atom stereocenters. The lowest BCUT2D eigenvalue weighted by atomic mass is 9.77. The quantitative estimate of drug-likeness (QED) is 0.847. The number of hydrogen-bond acceptors (Lipinski definition) is 2. The van der Waals surface area contributed by atoms with Crippen LogP contribution in [0, 0.1) is 0 Å². The van der Waals surface area contributed by atoms with Crippen molar-refractivity contribution in [2.75, 3.05) is 13.1 Å². The third-order valence-corrected chi connectivity index (χ3v) is 3.87. The highest BCUT2D eigenvalue weighted by molar-refractivity contribution is 5.93. The molecule has 3 heteroatoms. The van der Waals surface area contributed by atoms with E-state index in [2.05, 4.69) is 5.32 Å². The van der Waals surface area contributed by atoms with Gasteiger partial charge in [-0.25, -0.2) is 0 Å². The van der Waals surface area contributed by atoms with Crippen LogP contribution in [0.3, 0.4) is 0 Å². The first-order chi connectivity index (χ1) is 8.74. The van der Waals surface area contributed by atoms with Gasteiger partial charge in [-0.1, -0.05) is 42.5 Å². The Morgan fingerprint density at radius 2 is 1.94 bits per heavy atom. The lowest BCUT2D eigenvalue weighted by Gasteiger charge is -2.25. The molecule has 0 amide bonds. The van der Waals surface area contributed by atoms with Gasteiger partial charge in [0.25, 0.3) is 0 Å². The molecule has 1 aliphatic heterocycles. The van der Waals surface area contributed by atoms with Crippen LogP contribution >= 0.6 is 0 Å². The van der Waals surface area contributed by atoms with Gasteiger partial charge in [0.2, 0.25) is 0 Å². The maximum absolute atomic E-state index is 11.7. The highest BCUT2D eigenvalue weighted by atomic mass is 16.4. The molecule has 2 aromatic rings. The Morgan fingerprint density at radius 1 is 1.17 bits per heavy atom. The van der Waals surface area contributed by atoms with Crippen molar-refractivity contribution < 1.29 is 9.90 Å². The van der Waals surface area contributed by atoms with Crippen molar-refractivity contribution in [2.24, 2.45) is 0 Å². The lowest BCUT2D eigenvalue weighted by Crippen LogP contribution is -2.38. The molecule has 3 rings (SSSR count). The molecule has 1 heterocycles. The molecule has 0 aromatic heterocycles. The summed E-state index contributed by atoms with van der Waals surface area (Å²) in [6.45, 7) is 1.27. The number of rotatable bonds is 2. The van der Waals surface area contributed by atoms with Crippen LogP contribution in [0.15, 0.2) is 42.5 Å². The Kier molecular flexibility index (Phi) is 2.56. The minimum atomic E-state index is -0.777. The molecule has 1 fully saturated rings. The average Bonchev–Trinajstić information content (AvgIpc) is 2.88. The van der Waals surface area contributed by atoms with Gasteiger partial charge in [-0.2, -0.15) is 0 Å². The number of carboxylic acid groups (broad SMARTS) is 1. The second-order valence-corrected chi connectivity index (χ2v) is 4.84. The fourth-order valence-electron chi connectivity index (χ4n) is 2.86. The number of benzene rings is 2. The first-order valence-corrected chi connectivity index (χ1v) is 6.16. The minimum Gasteiger partial charge on any atom is -0.481 e. The number of aliphatic carboxylic acids is 1. The summed E-state index contributed by atoms with van der Waals surface area (Å²) in [5, 5.41) is 15.0. The largest absolute Gasteiger partial charge is 0.481 e. The van der Waals surface area contributed by atoms with E-state index in [9.17, 15) is 9.90 Å². The third-order valence-electron chi connectivity index (χ3n) is 3.87. The van der Waals surface area contributed by atoms with Gasteiger partial charge in [-0.15, -0.1) is 0 Å². The number of carbonyl (C=O) groups is 1. The van der Waals surface area contributed by atoms with Crippen molar-refractivity contribution in [2.45, 2.75) is 11.8 Å². The lowest BCUT2D eigenvalue weighted by molar-refractivity contribution is -0.143. The predicted octanol–water partition coefficient (Wildman–Crippen LogP) is 2.16. The summed E-state index contributed by atoms with van der Waals surface area (Å²) in [5.74, 6) is -0.733. The zero-order valence-corrected chi connectivity index (χ0v) is 10.0. The van der Waals surface area contributed by atoms with Crippen LogP contribution in [0.2, 0.25) is 0 Å². The minimum absolute atomic E-state index is 0.510. The summed E-state index contributed by atoms with van der Waals surface area (Å²) >= 11 is 0. The molecule has 92 valence electrons. The van der Waals surface area contributed by atoms with Crippen LogP contribution in [0.1, 0.15) is 12.0 Å². The maximum Gasteiger partial charge on any atom is 0.315 e. The number of hydrogen-bond donors (Lipinski definition) is 2. The molecule has 0 spiro atoms. The summed E-state index contributed by atoms with van der Waals surface area (Å²) in [7, 11) is 0. The summed E-state index contributed by atoms with van der Waals surface area (Å²) in [6, 6.07) is 13.9. The van der Waals surface area contributed by atoms with Gasteiger partial charge in [0.05, 0.1) is 0 Å². The van der Waals surface area contributed by atoms with Crippen molar-refractivity contribution >= 4 is 16.7 Å². The Morgan fingerprint density at radius 3 is 2.67 bits per heavy atom. The molecule has 0 bridgehead atoms. The smallest absolute Gasteiger partial charge is 0.315 e. The summed E-state index contributed by atoms with van der Waals surface area (Å²) < 4.78 is 0. The van der Waals surface area contributed by atoms with Gasteiger partial charge in [-0.3, -0.25) is 4.79 Å². The first-order valence-electron chi connectivity index (χ1n) is 6.16. The van der Waals surface area contributed by atoms with E-state index in [1.807, 2.05) is 42.5 Å². The molecule has 0 radical (unpaired) electrons. The van der Waals surface area contributed by atoms with Crippen LogP contribution in [0.5, 0.6) is 0 Å². The van der Waals surface area contributed by atoms with Crippen LogP contribution in [-0.2, 0) is 10.2 Å². The normalized spacial score (nSPS) is 23.3. The zero-order chi connectivity index (χ0) is 12.6. The third kappa shape index (κ3) is 1.51. The van der Waals surface area contributed by atoms with Crippen molar-refractivity contribution in [1.29, 1.82) is 0 Å². The molecule has 1 aliphatic rings. The predicted molar refractivity (Wildman–Crippen MR) is 70.7 cm³/mol. The average molecular weight is 241 g/mol. The van der Waals surface area contributed by atoms with Crippen LogP contribution in [-0.4, -0.2) is 24.2 Å².